The molecule has 0 spiro atoms. The van der Waals surface area contributed by atoms with E-state index in [9.17, 15) is 17.6 Å². The van der Waals surface area contributed by atoms with Gasteiger partial charge in [-0.05, 0) is 41.2 Å². The number of benzene rings is 2. The molecular formula is C20H19F4NS. The molecule has 1 aliphatic heterocycles. The smallest absolute Gasteiger partial charge is 0.331 e. The summed E-state index contributed by atoms with van der Waals surface area (Å²) in [5, 5.41) is 0.772. The molecule has 0 bridgehead atoms. The van der Waals surface area contributed by atoms with Crippen LogP contribution in [-0.4, -0.2) is 5.75 Å². The molecule has 0 saturated heterocycles. The zero-order valence-corrected chi connectivity index (χ0v) is 15.3. The lowest BCUT2D eigenvalue weighted by atomic mass is 9.92. The lowest BCUT2D eigenvalue weighted by molar-refractivity contribution is -0.137. The molecule has 26 heavy (non-hydrogen) atoms. The molecule has 138 valence electrons. The van der Waals surface area contributed by atoms with E-state index in [1.807, 2.05) is 19.9 Å². The summed E-state index contributed by atoms with van der Waals surface area (Å²) in [5.74, 6) is 0.220. The molecule has 0 aliphatic carbocycles. The lowest BCUT2D eigenvalue weighted by Crippen LogP contribution is -2.28. The van der Waals surface area contributed by atoms with Crippen molar-refractivity contribution in [3.05, 3.63) is 76.1 Å². The second kappa shape index (κ2) is 7.35. The predicted octanol–water partition coefficient (Wildman–Crippen LogP) is 6.56. The highest BCUT2D eigenvalue weighted by Crippen LogP contribution is 2.47. The summed E-state index contributed by atoms with van der Waals surface area (Å²) in [6.07, 6.45) is -2.47. The Morgan fingerprint density at radius 2 is 1.85 bits per heavy atom. The Bertz CT molecular complexity index is 829. The SMILES string of the molecule is CCSC1=CC(C)c2cccc(C(F)(F)F)c2N1Cc1cccc(F)c1. The highest BCUT2D eigenvalue weighted by atomic mass is 32.2. The summed E-state index contributed by atoms with van der Waals surface area (Å²) in [5.41, 5.74) is 0.789. The van der Waals surface area contributed by atoms with E-state index in [0.717, 1.165) is 16.8 Å². The van der Waals surface area contributed by atoms with Crippen molar-refractivity contribution < 1.29 is 17.6 Å². The van der Waals surface area contributed by atoms with Crippen molar-refractivity contribution in [2.45, 2.75) is 32.5 Å². The van der Waals surface area contributed by atoms with Gasteiger partial charge in [-0.3, -0.25) is 0 Å². The van der Waals surface area contributed by atoms with E-state index in [0.29, 0.717) is 11.1 Å². The van der Waals surface area contributed by atoms with Crippen molar-refractivity contribution in [3.63, 3.8) is 0 Å². The van der Waals surface area contributed by atoms with Crippen LogP contribution in [0.3, 0.4) is 0 Å². The maximum atomic E-state index is 13.7. The molecule has 1 unspecified atom stereocenters. The van der Waals surface area contributed by atoms with Gasteiger partial charge in [0.05, 0.1) is 16.3 Å². The van der Waals surface area contributed by atoms with E-state index in [-0.39, 0.29) is 18.2 Å². The van der Waals surface area contributed by atoms with Gasteiger partial charge in [-0.15, -0.1) is 11.8 Å². The fourth-order valence-electron chi connectivity index (χ4n) is 3.21. The van der Waals surface area contributed by atoms with E-state index in [1.54, 1.807) is 23.1 Å². The fraction of sp³-hybridized carbons (Fsp3) is 0.300. The largest absolute Gasteiger partial charge is 0.418 e. The molecular weight excluding hydrogens is 362 g/mol. The van der Waals surface area contributed by atoms with E-state index in [1.165, 1.54) is 30.0 Å². The zero-order valence-electron chi connectivity index (χ0n) is 14.5. The van der Waals surface area contributed by atoms with Gasteiger partial charge >= 0.3 is 6.18 Å². The summed E-state index contributed by atoms with van der Waals surface area (Å²) >= 11 is 1.50. The molecule has 0 saturated carbocycles. The van der Waals surface area contributed by atoms with Crippen molar-refractivity contribution in [1.82, 2.24) is 0 Å². The Kier molecular flexibility index (Phi) is 5.32. The third-order valence-corrected chi connectivity index (χ3v) is 5.25. The summed E-state index contributed by atoms with van der Waals surface area (Å²) in [6, 6.07) is 10.3. The van der Waals surface area contributed by atoms with Crippen LogP contribution in [0.25, 0.3) is 0 Å². The molecule has 3 rings (SSSR count). The van der Waals surface area contributed by atoms with Crippen molar-refractivity contribution in [1.29, 1.82) is 0 Å². The summed E-state index contributed by atoms with van der Waals surface area (Å²) in [7, 11) is 0. The van der Waals surface area contributed by atoms with Gasteiger partial charge < -0.3 is 4.90 Å². The van der Waals surface area contributed by atoms with Gasteiger partial charge in [0.2, 0.25) is 0 Å². The van der Waals surface area contributed by atoms with Gasteiger partial charge in [0.1, 0.15) is 5.82 Å². The fourth-order valence-corrected chi connectivity index (χ4v) is 4.12. The quantitative estimate of drug-likeness (QED) is 0.552. The summed E-state index contributed by atoms with van der Waals surface area (Å²) in [4.78, 5) is 1.67. The van der Waals surface area contributed by atoms with Crippen molar-refractivity contribution >= 4 is 17.4 Å². The van der Waals surface area contributed by atoms with Gasteiger partial charge in [0, 0.05) is 12.5 Å². The molecule has 2 aromatic carbocycles. The second-order valence-corrected chi connectivity index (χ2v) is 7.47. The number of para-hydroxylation sites is 1. The average Bonchev–Trinajstić information content (AvgIpc) is 2.57. The first-order valence-corrected chi connectivity index (χ1v) is 9.36. The highest BCUT2D eigenvalue weighted by Gasteiger charge is 2.38. The molecule has 1 heterocycles. The number of rotatable bonds is 4. The minimum absolute atomic E-state index is 0.120. The van der Waals surface area contributed by atoms with E-state index in [4.69, 9.17) is 0 Å². The van der Waals surface area contributed by atoms with Crippen molar-refractivity contribution in [2.24, 2.45) is 0 Å². The molecule has 2 aromatic rings. The van der Waals surface area contributed by atoms with Crippen molar-refractivity contribution in [2.75, 3.05) is 10.7 Å². The van der Waals surface area contributed by atoms with Gasteiger partial charge in [-0.25, -0.2) is 4.39 Å². The molecule has 1 aliphatic rings. The molecule has 1 nitrogen and oxygen atoms in total. The summed E-state index contributed by atoms with van der Waals surface area (Å²) < 4.78 is 54.6. The number of thioether (sulfide) groups is 1. The van der Waals surface area contributed by atoms with Crippen LogP contribution in [0.2, 0.25) is 0 Å². The second-order valence-electron chi connectivity index (χ2n) is 6.18. The minimum Gasteiger partial charge on any atom is -0.331 e. The zero-order chi connectivity index (χ0) is 18.9. The van der Waals surface area contributed by atoms with E-state index >= 15 is 0 Å². The number of halogens is 4. The van der Waals surface area contributed by atoms with Crippen LogP contribution >= 0.6 is 11.8 Å². The minimum atomic E-state index is -4.45. The van der Waals surface area contributed by atoms with Crippen LogP contribution in [0.4, 0.5) is 23.2 Å². The van der Waals surface area contributed by atoms with E-state index < -0.39 is 17.6 Å². The predicted molar refractivity (Wildman–Crippen MR) is 98.7 cm³/mol. The van der Waals surface area contributed by atoms with Crippen LogP contribution in [0.1, 0.15) is 36.5 Å². The number of anilines is 1. The van der Waals surface area contributed by atoms with Crippen LogP contribution in [0.5, 0.6) is 0 Å². The lowest BCUT2D eigenvalue weighted by Gasteiger charge is -2.36. The Hall–Kier alpha value is -1.95. The number of allylic oxidation sites excluding steroid dienone is 1. The molecule has 1 atom stereocenters. The van der Waals surface area contributed by atoms with Crippen LogP contribution in [0, 0.1) is 5.82 Å². The number of nitrogens with zero attached hydrogens (tertiary/aromatic N) is 1. The Labute approximate surface area is 154 Å². The molecule has 0 amide bonds. The van der Waals surface area contributed by atoms with Gasteiger partial charge in [0.15, 0.2) is 0 Å². The first kappa shape index (κ1) is 18.8. The molecule has 0 aromatic heterocycles. The topological polar surface area (TPSA) is 3.24 Å². The van der Waals surface area contributed by atoms with Crippen molar-refractivity contribution in [3.8, 4) is 0 Å². The van der Waals surface area contributed by atoms with Gasteiger partial charge in [0.25, 0.3) is 0 Å². The number of hydrogen-bond donors (Lipinski definition) is 0. The maximum Gasteiger partial charge on any atom is 0.418 e. The Balaban J connectivity index is 2.14. The molecule has 0 radical (unpaired) electrons. The first-order chi connectivity index (χ1) is 12.3. The van der Waals surface area contributed by atoms with Gasteiger partial charge in [-0.1, -0.05) is 38.1 Å². The van der Waals surface area contributed by atoms with Crippen LogP contribution < -0.4 is 4.90 Å². The molecule has 6 heteroatoms. The monoisotopic (exact) mass is 381 g/mol. The standard InChI is InChI=1S/C20H19F4NS/c1-3-26-18-10-13(2)16-8-5-9-17(20(22,23)24)19(16)25(18)12-14-6-4-7-15(21)11-14/h4-11,13H,3,12H2,1-2H3. The van der Waals surface area contributed by atoms with Crippen LogP contribution in [0.15, 0.2) is 53.6 Å². The first-order valence-electron chi connectivity index (χ1n) is 8.38. The number of fused-ring (bicyclic) bond motifs is 1. The molecule has 0 fully saturated rings. The Morgan fingerprint density at radius 1 is 1.12 bits per heavy atom. The third-order valence-electron chi connectivity index (χ3n) is 4.31. The van der Waals surface area contributed by atoms with Crippen LogP contribution in [-0.2, 0) is 12.7 Å². The molecule has 0 N–H and O–H groups in total. The number of hydrogen-bond acceptors (Lipinski definition) is 2. The number of alkyl halides is 3. The summed E-state index contributed by atoms with van der Waals surface area (Å²) in [6.45, 7) is 4.04. The normalized spacial score (nSPS) is 17.1. The average molecular weight is 381 g/mol. The Morgan fingerprint density at radius 3 is 2.50 bits per heavy atom. The van der Waals surface area contributed by atoms with E-state index in [2.05, 4.69) is 0 Å². The maximum absolute atomic E-state index is 13.7. The third kappa shape index (κ3) is 3.75. The highest BCUT2D eigenvalue weighted by molar-refractivity contribution is 8.03. The van der Waals surface area contributed by atoms with Gasteiger partial charge in [-0.2, -0.15) is 13.2 Å².